The van der Waals surface area contributed by atoms with E-state index in [0.29, 0.717) is 18.3 Å². The van der Waals surface area contributed by atoms with Crippen molar-refractivity contribution in [1.29, 1.82) is 0 Å². The van der Waals surface area contributed by atoms with Crippen LogP contribution < -0.4 is 15.2 Å². The van der Waals surface area contributed by atoms with Gasteiger partial charge in [0.1, 0.15) is 18.2 Å². The number of nitrogen functional groups attached to an aromatic ring is 1. The van der Waals surface area contributed by atoms with Crippen LogP contribution in [0.25, 0.3) is 0 Å². The van der Waals surface area contributed by atoms with Crippen LogP contribution in [0.15, 0.2) is 24.3 Å². The summed E-state index contributed by atoms with van der Waals surface area (Å²) < 4.78 is 10.7. The lowest BCUT2D eigenvalue weighted by molar-refractivity contribution is 0.292. The van der Waals surface area contributed by atoms with Gasteiger partial charge in [0.2, 0.25) is 5.88 Å². The van der Waals surface area contributed by atoms with Crippen molar-refractivity contribution in [1.82, 2.24) is 10.2 Å². The molecule has 90 valence electrons. The second-order valence-electron chi connectivity index (χ2n) is 3.81. The molecule has 0 fully saturated rings. The van der Waals surface area contributed by atoms with E-state index in [2.05, 4.69) is 10.2 Å². The van der Waals surface area contributed by atoms with Gasteiger partial charge >= 0.3 is 0 Å². The summed E-state index contributed by atoms with van der Waals surface area (Å²) in [4.78, 5) is 0. The van der Waals surface area contributed by atoms with Gasteiger partial charge in [0.25, 0.3) is 0 Å². The zero-order valence-corrected chi connectivity index (χ0v) is 9.86. The van der Waals surface area contributed by atoms with Crippen LogP contribution in [-0.2, 0) is 6.61 Å². The maximum absolute atomic E-state index is 5.50. The molecule has 0 saturated heterocycles. The number of aromatic amines is 1. The minimum absolute atomic E-state index is 0.433. The molecule has 0 amide bonds. The van der Waals surface area contributed by atoms with Crippen molar-refractivity contribution in [2.24, 2.45) is 0 Å². The number of aromatic nitrogens is 2. The highest BCUT2D eigenvalue weighted by Crippen LogP contribution is 2.18. The molecule has 3 N–H and O–H groups in total. The third kappa shape index (κ3) is 2.90. The van der Waals surface area contributed by atoms with Crippen LogP contribution in [0, 0.1) is 6.92 Å². The average Bonchev–Trinajstić information content (AvgIpc) is 2.72. The first-order valence-corrected chi connectivity index (χ1v) is 5.25. The van der Waals surface area contributed by atoms with Crippen LogP contribution in [-0.4, -0.2) is 17.3 Å². The Hall–Kier alpha value is -2.17. The lowest BCUT2D eigenvalue weighted by Crippen LogP contribution is -1.97. The first kappa shape index (κ1) is 11.3. The predicted octanol–water partition coefficient (Wildman–Crippen LogP) is 1.89. The highest BCUT2D eigenvalue weighted by Gasteiger charge is 2.02. The minimum Gasteiger partial charge on any atom is -0.497 e. The largest absolute Gasteiger partial charge is 0.497 e. The van der Waals surface area contributed by atoms with Gasteiger partial charge < -0.3 is 15.2 Å². The summed E-state index contributed by atoms with van der Waals surface area (Å²) in [6, 6.07) is 7.59. The first-order chi connectivity index (χ1) is 8.17. The fourth-order valence-electron chi connectivity index (χ4n) is 1.57. The van der Waals surface area contributed by atoms with Gasteiger partial charge in [-0.25, -0.2) is 0 Å². The van der Waals surface area contributed by atoms with E-state index in [1.165, 1.54) is 0 Å². The molecule has 0 aliphatic heterocycles. The molecule has 0 bridgehead atoms. The predicted molar refractivity (Wildman–Crippen MR) is 65.1 cm³/mol. The van der Waals surface area contributed by atoms with Crippen molar-refractivity contribution in [3.63, 3.8) is 0 Å². The lowest BCUT2D eigenvalue weighted by Gasteiger charge is -2.07. The van der Waals surface area contributed by atoms with Gasteiger partial charge in [-0.15, -0.1) is 5.10 Å². The van der Waals surface area contributed by atoms with E-state index < -0.39 is 0 Å². The summed E-state index contributed by atoms with van der Waals surface area (Å²) in [5, 5.41) is 6.51. The number of aryl methyl sites for hydroxylation is 1. The molecule has 0 spiro atoms. The number of anilines is 1. The number of hydrogen-bond donors (Lipinski definition) is 2. The van der Waals surface area contributed by atoms with Crippen LogP contribution in [0.3, 0.4) is 0 Å². The number of nitrogens with one attached hydrogen (secondary N) is 1. The number of rotatable bonds is 4. The van der Waals surface area contributed by atoms with E-state index in [0.717, 1.165) is 16.9 Å². The highest BCUT2D eigenvalue weighted by molar-refractivity contribution is 5.34. The molecular weight excluding hydrogens is 218 g/mol. The number of nitrogens with two attached hydrogens (primary N) is 1. The third-order valence-corrected chi connectivity index (χ3v) is 2.31. The zero-order valence-electron chi connectivity index (χ0n) is 9.86. The maximum atomic E-state index is 5.50. The van der Waals surface area contributed by atoms with Crippen LogP contribution in [0.1, 0.15) is 11.1 Å². The smallest absolute Gasteiger partial charge is 0.235 e. The fourth-order valence-corrected chi connectivity index (χ4v) is 1.57. The Kier molecular flexibility index (Phi) is 3.18. The SMILES string of the molecule is COc1cc(C)cc(COc2cc(N)[nH]n2)c1. The minimum atomic E-state index is 0.433. The number of H-pyrrole nitrogens is 1. The lowest BCUT2D eigenvalue weighted by atomic mass is 10.1. The molecule has 1 aromatic heterocycles. The Bertz CT molecular complexity index is 508. The number of nitrogens with zero attached hydrogens (tertiary/aromatic N) is 1. The Labute approximate surface area is 99.5 Å². The van der Waals surface area contributed by atoms with Gasteiger partial charge in [0.15, 0.2) is 0 Å². The van der Waals surface area contributed by atoms with Crippen LogP contribution >= 0.6 is 0 Å². The van der Waals surface area contributed by atoms with Gasteiger partial charge in [0.05, 0.1) is 7.11 Å². The van der Waals surface area contributed by atoms with Crippen molar-refractivity contribution >= 4 is 5.82 Å². The zero-order chi connectivity index (χ0) is 12.3. The average molecular weight is 233 g/mol. The molecule has 0 unspecified atom stereocenters. The second kappa shape index (κ2) is 4.78. The number of ether oxygens (including phenoxy) is 2. The molecule has 17 heavy (non-hydrogen) atoms. The molecule has 0 saturated carbocycles. The molecule has 5 heteroatoms. The molecule has 1 heterocycles. The Morgan fingerprint density at radius 3 is 2.76 bits per heavy atom. The van der Waals surface area contributed by atoms with Crippen molar-refractivity contribution in [3.05, 3.63) is 35.4 Å². The molecular formula is C12H15N3O2. The summed E-state index contributed by atoms with van der Waals surface area (Å²) in [7, 11) is 1.65. The van der Waals surface area contributed by atoms with Crippen molar-refractivity contribution in [3.8, 4) is 11.6 Å². The standard InChI is InChI=1S/C12H15N3O2/c1-8-3-9(5-10(4-8)16-2)7-17-12-6-11(13)14-15-12/h3-6H,7H2,1-2H3,(H3,13,14,15). The molecule has 0 atom stereocenters. The molecule has 2 rings (SSSR count). The van der Waals surface area contributed by atoms with Crippen molar-refractivity contribution in [2.45, 2.75) is 13.5 Å². The van der Waals surface area contributed by atoms with Crippen LogP contribution in [0.5, 0.6) is 11.6 Å². The van der Waals surface area contributed by atoms with Crippen LogP contribution in [0.4, 0.5) is 5.82 Å². The molecule has 2 aromatic rings. The first-order valence-electron chi connectivity index (χ1n) is 5.25. The van der Waals surface area contributed by atoms with E-state index in [4.69, 9.17) is 15.2 Å². The van der Waals surface area contributed by atoms with Gasteiger partial charge in [0, 0.05) is 6.07 Å². The topological polar surface area (TPSA) is 73.2 Å². The summed E-state index contributed by atoms with van der Waals surface area (Å²) >= 11 is 0. The van der Waals surface area contributed by atoms with E-state index in [-0.39, 0.29) is 0 Å². The van der Waals surface area contributed by atoms with Crippen LogP contribution in [0.2, 0.25) is 0 Å². The molecule has 0 radical (unpaired) electrons. The highest BCUT2D eigenvalue weighted by atomic mass is 16.5. The normalized spacial score (nSPS) is 10.2. The molecule has 5 nitrogen and oxygen atoms in total. The maximum Gasteiger partial charge on any atom is 0.235 e. The van der Waals surface area contributed by atoms with E-state index in [9.17, 15) is 0 Å². The number of benzene rings is 1. The summed E-state index contributed by atoms with van der Waals surface area (Å²) in [5.74, 6) is 1.80. The molecule has 0 aliphatic carbocycles. The fraction of sp³-hybridized carbons (Fsp3) is 0.250. The van der Waals surface area contributed by atoms with Gasteiger partial charge in [-0.2, -0.15) is 0 Å². The number of hydrogen-bond acceptors (Lipinski definition) is 4. The summed E-state index contributed by atoms with van der Waals surface area (Å²) in [6.45, 7) is 2.45. The quantitative estimate of drug-likeness (QED) is 0.845. The third-order valence-electron chi connectivity index (χ3n) is 2.31. The van der Waals surface area contributed by atoms with E-state index in [1.807, 2.05) is 25.1 Å². The monoisotopic (exact) mass is 233 g/mol. The molecule has 0 aliphatic rings. The second-order valence-corrected chi connectivity index (χ2v) is 3.81. The number of methoxy groups -OCH3 is 1. The van der Waals surface area contributed by atoms with Gasteiger partial charge in [-0.05, 0) is 30.2 Å². The Morgan fingerprint density at radius 1 is 1.29 bits per heavy atom. The molecule has 1 aromatic carbocycles. The Morgan fingerprint density at radius 2 is 2.12 bits per heavy atom. The Balaban J connectivity index is 2.05. The van der Waals surface area contributed by atoms with Crippen molar-refractivity contribution < 1.29 is 9.47 Å². The van der Waals surface area contributed by atoms with E-state index in [1.54, 1.807) is 13.2 Å². The van der Waals surface area contributed by atoms with E-state index >= 15 is 0 Å². The van der Waals surface area contributed by atoms with Gasteiger partial charge in [-0.1, -0.05) is 6.07 Å². The van der Waals surface area contributed by atoms with Crippen molar-refractivity contribution in [2.75, 3.05) is 12.8 Å². The summed E-state index contributed by atoms with van der Waals surface area (Å²) in [5.41, 5.74) is 7.66. The van der Waals surface area contributed by atoms with Gasteiger partial charge in [-0.3, -0.25) is 5.10 Å². The summed E-state index contributed by atoms with van der Waals surface area (Å²) in [6.07, 6.45) is 0.